The first kappa shape index (κ1) is 19.1. The molecule has 3 N–H and O–H groups in total. The predicted octanol–water partition coefficient (Wildman–Crippen LogP) is 3.61. The van der Waals surface area contributed by atoms with Crippen LogP contribution in [0.1, 0.15) is 43.1 Å². The molecule has 0 spiro atoms. The van der Waals surface area contributed by atoms with Gasteiger partial charge in [0.1, 0.15) is 5.82 Å². The number of nitrogens with one attached hydrogen (secondary N) is 1. The highest BCUT2D eigenvalue weighted by atomic mass is 15.2. The Morgan fingerprint density at radius 1 is 1.14 bits per heavy atom. The lowest BCUT2D eigenvalue weighted by molar-refractivity contribution is 0.286. The van der Waals surface area contributed by atoms with Crippen molar-refractivity contribution in [3.8, 4) is 0 Å². The molecule has 7 nitrogen and oxygen atoms in total. The van der Waals surface area contributed by atoms with Crippen LogP contribution in [0.15, 0.2) is 48.8 Å². The first-order chi connectivity index (χ1) is 13.9. The Bertz CT molecular complexity index is 987. The molecule has 0 saturated heterocycles. The van der Waals surface area contributed by atoms with Crippen LogP contribution in [-0.4, -0.2) is 27.0 Å². The maximum atomic E-state index is 5.81. The van der Waals surface area contributed by atoms with E-state index in [4.69, 9.17) is 10.7 Å². The largest absolute Gasteiger partial charge is 0.384 e. The van der Waals surface area contributed by atoms with E-state index in [2.05, 4.69) is 51.1 Å². The van der Waals surface area contributed by atoms with Gasteiger partial charge in [-0.1, -0.05) is 44.2 Å². The van der Waals surface area contributed by atoms with E-state index in [0.29, 0.717) is 11.8 Å². The molecule has 1 atom stereocenters. The molecule has 0 bridgehead atoms. The molecule has 0 aliphatic heterocycles. The van der Waals surface area contributed by atoms with E-state index in [1.165, 1.54) is 5.56 Å². The average molecular weight is 390 g/mol. The summed E-state index contributed by atoms with van der Waals surface area (Å²) in [4.78, 5) is 20.2. The van der Waals surface area contributed by atoms with Gasteiger partial charge in [-0.2, -0.15) is 4.98 Å². The molecule has 0 radical (unpaired) electrons. The SMILES string of the molecule is CN(Cc1ccccc1)c1ncc2c(n1)CC(C)(C)C[C@H]2Nc1nccc(N)n1. The second-order valence-electron chi connectivity index (χ2n) is 8.46. The van der Waals surface area contributed by atoms with Gasteiger partial charge in [-0.15, -0.1) is 0 Å². The van der Waals surface area contributed by atoms with Crippen LogP contribution in [0, 0.1) is 5.41 Å². The molecule has 150 valence electrons. The highest BCUT2D eigenvalue weighted by molar-refractivity contribution is 5.42. The minimum Gasteiger partial charge on any atom is -0.384 e. The highest BCUT2D eigenvalue weighted by Crippen LogP contribution is 2.41. The van der Waals surface area contributed by atoms with Crippen LogP contribution < -0.4 is 16.0 Å². The Labute approximate surface area is 171 Å². The third-order valence-electron chi connectivity index (χ3n) is 5.25. The Morgan fingerprint density at radius 3 is 2.69 bits per heavy atom. The first-order valence-corrected chi connectivity index (χ1v) is 9.85. The molecule has 4 rings (SSSR count). The first-order valence-electron chi connectivity index (χ1n) is 9.85. The normalized spacial score (nSPS) is 17.4. The zero-order chi connectivity index (χ0) is 20.4. The van der Waals surface area contributed by atoms with Crippen molar-refractivity contribution >= 4 is 17.7 Å². The fourth-order valence-corrected chi connectivity index (χ4v) is 3.88. The van der Waals surface area contributed by atoms with Gasteiger partial charge in [-0.05, 0) is 29.9 Å². The monoisotopic (exact) mass is 389 g/mol. The fourth-order valence-electron chi connectivity index (χ4n) is 3.88. The minimum absolute atomic E-state index is 0.0454. The molecule has 0 amide bonds. The zero-order valence-electron chi connectivity index (χ0n) is 17.1. The van der Waals surface area contributed by atoms with Crippen molar-refractivity contribution in [2.45, 2.75) is 39.3 Å². The van der Waals surface area contributed by atoms with Gasteiger partial charge in [-0.3, -0.25) is 0 Å². The lowest BCUT2D eigenvalue weighted by atomic mass is 9.74. The van der Waals surface area contributed by atoms with E-state index >= 15 is 0 Å². The molecule has 1 aliphatic carbocycles. The van der Waals surface area contributed by atoms with Crippen molar-refractivity contribution in [2.75, 3.05) is 23.0 Å². The average Bonchev–Trinajstić information content (AvgIpc) is 2.67. The second-order valence-corrected chi connectivity index (χ2v) is 8.46. The molecule has 3 aromatic rings. The third-order valence-corrected chi connectivity index (χ3v) is 5.25. The van der Waals surface area contributed by atoms with Crippen molar-refractivity contribution in [1.29, 1.82) is 0 Å². The van der Waals surface area contributed by atoms with Crippen LogP contribution in [0.5, 0.6) is 0 Å². The summed E-state index contributed by atoms with van der Waals surface area (Å²) in [6.45, 7) is 5.29. The summed E-state index contributed by atoms with van der Waals surface area (Å²) in [7, 11) is 2.03. The summed E-state index contributed by atoms with van der Waals surface area (Å²) in [6, 6.07) is 12.1. The van der Waals surface area contributed by atoms with Crippen LogP contribution in [0.3, 0.4) is 0 Å². The standard InChI is InChI=1S/C22H27N7/c1-22(2)11-17(26-20-24-10-9-19(23)28-20)16-13-25-21(27-18(16)12-22)29(3)14-15-7-5-4-6-8-15/h4-10,13,17H,11-12,14H2,1-3H3,(H3,23,24,26,28)/t17-/m1/s1. The lowest BCUT2D eigenvalue weighted by Gasteiger charge is -2.36. The molecular weight excluding hydrogens is 362 g/mol. The Balaban J connectivity index is 1.60. The molecule has 0 unspecified atom stereocenters. The summed E-state index contributed by atoms with van der Waals surface area (Å²) in [5, 5.41) is 3.43. The van der Waals surface area contributed by atoms with Crippen LogP contribution in [0.4, 0.5) is 17.7 Å². The van der Waals surface area contributed by atoms with Crippen molar-refractivity contribution in [1.82, 2.24) is 19.9 Å². The van der Waals surface area contributed by atoms with Gasteiger partial charge in [0.2, 0.25) is 11.9 Å². The topological polar surface area (TPSA) is 92.9 Å². The summed E-state index contributed by atoms with van der Waals surface area (Å²) < 4.78 is 0. The van der Waals surface area contributed by atoms with Gasteiger partial charge in [0.15, 0.2) is 0 Å². The van der Waals surface area contributed by atoms with Gasteiger partial charge >= 0.3 is 0 Å². The van der Waals surface area contributed by atoms with Gasteiger partial charge in [0.05, 0.1) is 11.7 Å². The lowest BCUT2D eigenvalue weighted by Crippen LogP contribution is -2.31. The third kappa shape index (κ3) is 4.45. The summed E-state index contributed by atoms with van der Waals surface area (Å²) in [6.07, 6.45) is 5.46. The minimum atomic E-state index is 0.0454. The Hall–Kier alpha value is -3.22. The zero-order valence-corrected chi connectivity index (χ0v) is 17.1. The molecule has 1 aliphatic rings. The molecular formula is C22H27N7. The molecule has 0 saturated carbocycles. The highest BCUT2D eigenvalue weighted by Gasteiger charge is 2.34. The smallest absolute Gasteiger partial charge is 0.225 e. The predicted molar refractivity (Wildman–Crippen MR) is 115 cm³/mol. The van der Waals surface area contributed by atoms with E-state index in [1.54, 1.807) is 12.3 Å². The Morgan fingerprint density at radius 2 is 1.93 bits per heavy atom. The molecule has 0 fully saturated rings. The van der Waals surface area contributed by atoms with Gasteiger partial charge in [0, 0.05) is 31.5 Å². The van der Waals surface area contributed by atoms with Gasteiger partial charge < -0.3 is 16.0 Å². The Kier molecular flexibility index (Phi) is 5.05. The van der Waals surface area contributed by atoms with Crippen molar-refractivity contribution in [2.24, 2.45) is 5.41 Å². The van der Waals surface area contributed by atoms with Crippen molar-refractivity contribution in [3.05, 3.63) is 65.6 Å². The van der Waals surface area contributed by atoms with Crippen molar-refractivity contribution in [3.63, 3.8) is 0 Å². The van der Waals surface area contributed by atoms with E-state index in [0.717, 1.165) is 36.6 Å². The molecule has 2 heterocycles. The maximum absolute atomic E-state index is 5.81. The van der Waals surface area contributed by atoms with E-state index in [9.17, 15) is 0 Å². The molecule has 2 aromatic heterocycles. The summed E-state index contributed by atoms with van der Waals surface area (Å²) >= 11 is 0. The number of rotatable bonds is 5. The summed E-state index contributed by atoms with van der Waals surface area (Å²) in [5.74, 6) is 1.72. The molecule has 1 aromatic carbocycles. The van der Waals surface area contributed by atoms with Crippen LogP contribution in [0.2, 0.25) is 0 Å². The van der Waals surface area contributed by atoms with Gasteiger partial charge in [0.25, 0.3) is 0 Å². The second kappa shape index (κ2) is 7.66. The van der Waals surface area contributed by atoms with Crippen molar-refractivity contribution < 1.29 is 0 Å². The van der Waals surface area contributed by atoms with Crippen LogP contribution in [0.25, 0.3) is 0 Å². The number of fused-ring (bicyclic) bond motifs is 1. The van der Waals surface area contributed by atoms with Gasteiger partial charge in [-0.25, -0.2) is 15.0 Å². The number of hydrogen-bond donors (Lipinski definition) is 2. The fraction of sp³-hybridized carbons (Fsp3) is 0.364. The van der Waals surface area contributed by atoms with Crippen LogP contribution >= 0.6 is 0 Å². The molecule has 29 heavy (non-hydrogen) atoms. The molecule has 7 heteroatoms. The number of aromatic nitrogens is 4. The summed E-state index contributed by atoms with van der Waals surface area (Å²) in [5.41, 5.74) is 9.32. The van der Waals surface area contributed by atoms with Crippen LogP contribution in [-0.2, 0) is 13.0 Å². The number of nitrogens with zero attached hydrogens (tertiary/aromatic N) is 5. The van der Waals surface area contributed by atoms with E-state index in [-0.39, 0.29) is 11.5 Å². The number of hydrogen-bond acceptors (Lipinski definition) is 7. The quantitative estimate of drug-likeness (QED) is 0.688. The number of nitrogens with two attached hydrogens (primary N) is 1. The number of nitrogen functional groups attached to an aromatic ring is 1. The van der Waals surface area contributed by atoms with E-state index < -0.39 is 0 Å². The maximum Gasteiger partial charge on any atom is 0.225 e. The number of benzene rings is 1. The van der Waals surface area contributed by atoms with E-state index in [1.807, 2.05) is 31.4 Å². The number of anilines is 3.